The van der Waals surface area contributed by atoms with Crippen LogP contribution in [0.4, 0.5) is 0 Å². The van der Waals surface area contributed by atoms with Crippen LogP contribution in [0.2, 0.25) is 0 Å². The van der Waals surface area contributed by atoms with Crippen molar-refractivity contribution in [2.24, 2.45) is 5.92 Å². The second kappa shape index (κ2) is 5.95. The molecule has 88 valence electrons. The Morgan fingerprint density at radius 1 is 1.31 bits per heavy atom. The molecule has 0 radical (unpaired) electrons. The van der Waals surface area contributed by atoms with Crippen LogP contribution in [0.3, 0.4) is 0 Å². The maximum Gasteiger partial charge on any atom is 0.0138 e. The van der Waals surface area contributed by atoms with Crippen molar-refractivity contribution in [2.75, 3.05) is 0 Å². The molecular formula is C15H21I. The van der Waals surface area contributed by atoms with E-state index < -0.39 is 0 Å². The van der Waals surface area contributed by atoms with Crippen molar-refractivity contribution in [2.45, 2.75) is 46.0 Å². The molecule has 16 heavy (non-hydrogen) atoms. The molecule has 0 aromatic rings. The molecule has 0 saturated heterocycles. The van der Waals surface area contributed by atoms with E-state index in [0.29, 0.717) is 0 Å². The van der Waals surface area contributed by atoms with Gasteiger partial charge in [0.15, 0.2) is 0 Å². The molecule has 0 aromatic carbocycles. The first-order valence-corrected chi connectivity index (χ1v) is 8.66. The van der Waals surface area contributed by atoms with Gasteiger partial charge >= 0.3 is 0 Å². The lowest BCUT2D eigenvalue weighted by Gasteiger charge is -2.26. The summed E-state index contributed by atoms with van der Waals surface area (Å²) in [7, 11) is 0. The Labute approximate surface area is 109 Å². The first-order chi connectivity index (χ1) is 7.83. The predicted molar refractivity (Wildman–Crippen MR) is 82.3 cm³/mol. The number of allylic oxidation sites excluding steroid dienone is 5. The number of hydrogen-bond donors (Lipinski definition) is 0. The molecule has 0 spiro atoms. The van der Waals surface area contributed by atoms with E-state index in [0.717, 1.165) is 5.92 Å². The molecule has 0 atom stereocenters. The van der Waals surface area contributed by atoms with Crippen molar-refractivity contribution in [3.05, 3.63) is 33.5 Å². The Hall–Kier alpha value is -0.180. The van der Waals surface area contributed by atoms with Crippen molar-refractivity contribution >= 4 is 24.2 Å². The number of halogens is 1. The van der Waals surface area contributed by atoms with Gasteiger partial charge in [0, 0.05) is 3.51 Å². The van der Waals surface area contributed by atoms with E-state index in [1.165, 1.54) is 37.7 Å². The molecule has 0 N–H and O–H groups in total. The molecular weight excluding hydrogens is 307 g/mol. The Morgan fingerprint density at radius 3 is 2.69 bits per heavy atom. The van der Waals surface area contributed by atoms with Crippen molar-refractivity contribution in [3.63, 3.8) is 0 Å². The van der Waals surface area contributed by atoms with Crippen LogP contribution >= 0.6 is 20.7 Å². The van der Waals surface area contributed by atoms with Gasteiger partial charge in [0.1, 0.15) is 0 Å². The SMILES string of the molecule is C/C=C(\C1=IC=CC=C1C)C1CCCCC1. The third kappa shape index (κ3) is 2.73. The largest absolute Gasteiger partial charge is 0.0850 e. The van der Waals surface area contributed by atoms with Gasteiger partial charge in [-0.1, -0.05) is 58.2 Å². The molecule has 0 nitrogen and oxygen atoms in total. The second-order valence-electron chi connectivity index (χ2n) is 4.67. The Morgan fingerprint density at radius 2 is 2.06 bits per heavy atom. The molecule has 1 fully saturated rings. The fourth-order valence-electron chi connectivity index (χ4n) is 2.69. The van der Waals surface area contributed by atoms with Crippen molar-refractivity contribution < 1.29 is 0 Å². The molecule has 1 aliphatic heterocycles. The minimum atomic E-state index is 0.135. The Bertz CT molecular complexity index is 363. The lowest BCUT2D eigenvalue weighted by atomic mass is 9.81. The molecule has 0 amide bonds. The van der Waals surface area contributed by atoms with Gasteiger partial charge in [-0.2, -0.15) is 0 Å². The summed E-state index contributed by atoms with van der Waals surface area (Å²) in [6.07, 6.45) is 14.1. The maximum atomic E-state index is 2.40. The van der Waals surface area contributed by atoms with E-state index in [9.17, 15) is 0 Å². The van der Waals surface area contributed by atoms with Gasteiger partial charge in [0.2, 0.25) is 0 Å². The minimum Gasteiger partial charge on any atom is -0.0850 e. The third-order valence-electron chi connectivity index (χ3n) is 3.55. The predicted octanol–water partition coefficient (Wildman–Crippen LogP) is 5.13. The zero-order chi connectivity index (χ0) is 11.4. The highest BCUT2D eigenvalue weighted by atomic mass is 127. The highest BCUT2D eigenvalue weighted by Crippen LogP contribution is 2.34. The van der Waals surface area contributed by atoms with Crippen LogP contribution < -0.4 is 0 Å². The molecule has 2 rings (SSSR count). The summed E-state index contributed by atoms with van der Waals surface area (Å²) in [5, 5.41) is 0. The highest BCUT2D eigenvalue weighted by molar-refractivity contribution is 14.2. The maximum absolute atomic E-state index is 2.40. The summed E-state index contributed by atoms with van der Waals surface area (Å²) in [4.78, 5) is 0. The molecule has 2 aliphatic rings. The molecule has 0 unspecified atom stereocenters. The van der Waals surface area contributed by atoms with E-state index in [1.54, 1.807) is 9.08 Å². The fourth-order valence-corrected chi connectivity index (χ4v) is 5.24. The average Bonchev–Trinajstić information content (AvgIpc) is 2.34. The molecule has 0 aromatic heterocycles. The van der Waals surface area contributed by atoms with E-state index >= 15 is 0 Å². The zero-order valence-corrected chi connectivity index (χ0v) is 12.5. The van der Waals surface area contributed by atoms with Crippen LogP contribution in [0.1, 0.15) is 46.0 Å². The van der Waals surface area contributed by atoms with Crippen LogP contribution in [0, 0.1) is 5.92 Å². The minimum absolute atomic E-state index is 0.135. The van der Waals surface area contributed by atoms with E-state index in [4.69, 9.17) is 0 Å². The van der Waals surface area contributed by atoms with Crippen LogP contribution in [0.15, 0.2) is 33.5 Å². The van der Waals surface area contributed by atoms with E-state index in [1.807, 2.05) is 0 Å². The first kappa shape index (κ1) is 12.3. The summed E-state index contributed by atoms with van der Waals surface area (Å²) in [6, 6.07) is 0. The zero-order valence-electron chi connectivity index (χ0n) is 10.3. The molecule has 1 aliphatic carbocycles. The van der Waals surface area contributed by atoms with Crippen molar-refractivity contribution in [1.29, 1.82) is 0 Å². The van der Waals surface area contributed by atoms with E-state index in [2.05, 4.69) is 36.2 Å². The summed E-state index contributed by atoms with van der Waals surface area (Å²) in [6.45, 7) is 4.51. The Kier molecular flexibility index (Phi) is 4.56. The van der Waals surface area contributed by atoms with Crippen LogP contribution in [-0.2, 0) is 0 Å². The number of hydrogen-bond acceptors (Lipinski definition) is 0. The van der Waals surface area contributed by atoms with Crippen LogP contribution in [0.5, 0.6) is 0 Å². The summed E-state index contributed by atoms with van der Waals surface area (Å²) >= 11 is 0.135. The monoisotopic (exact) mass is 328 g/mol. The van der Waals surface area contributed by atoms with Gasteiger partial charge in [-0.3, -0.25) is 0 Å². The topological polar surface area (TPSA) is 0 Å². The summed E-state index contributed by atoms with van der Waals surface area (Å²) in [5.41, 5.74) is 3.21. The summed E-state index contributed by atoms with van der Waals surface area (Å²) < 4.78 is 4.10. The first-order valence-electron chi connectivity index (χ1n) is 6.33. The van der Waals surface area contributed by atoms with Gasteiger partial charge in [0.05, 0.1) is 0 Å². The normalized spacial score (nSPS) is 23.5. The van der Waals surface area contributed by atoms with Gasteiger partial charge < -0.3 is 0 Å². The smallest absolute Gasteiger partial charge is 0.0138 e. The lowest BCUT2D eigenvalue weighted by molar-refractivity contribution is 0.411. The molecule has 1 saturated carbocycles. The molecule has 0 bridgehead atoms. The highest BCUT2D eigenvalue weighted by Gasteiger charge is 2.21. The average molecular weight is 328 g/mol. The number of rotatable bonds is 2. The van der Waals surface area contributed by atoms with E-state index in [-0.39, 0.29) is 20.7 Å². The molecule has 1 heterocycles. The van der Waals surface area contributed by atoms with Crippen molar-refractivity contribution in [3.8, 4) is 0 Å². The molecule has 1 heteroatoms. The van der Waals surface area contributed by atoms with Gasteiger partial charge in [-0.15, -0.1) is 0 Å². The van der Waals surface area contributed by atoms with Crippen LogP contribution in [0.25, 0.3) is 0 Å². The quantitative estimate of drug-likeness (QED) is 0.617. The second-order valence-corrected chi connectivity index (χ2v) is 7.09. The summed E-state index contributed by atoms with van der Waals surface area (Å²) in [5.74, 6) is 0.864. The fraction of sp³-hybridized carbons (Fsp3) is 0.533. The van der Waals surface area contributed by atoms with Gasteiger partial charge in [0.25, 0.3) is 0 Å². The lowest BCUT2D eigenvalue weighted by Crippen LogP contribution is -2.16. The third-order valence-corrected chi connectivity index (χ3v) is 6.42. The Balaban J connectivity index is 2.20. The standard InChI is InChI=1S/C15H21I/c1-3-14(13-9-5-4-6-10-13)15-12(2)8-7-11-16-15/h3,7-8,11,13H,4-6,9-10H2,1-2H3/b14-3-. The van der Waals surface area contributed by atoms with Crippen LogP contribution in [-0.4, -0.2) is 3.51 Å². The van der Waals surface area contributed by atoms with Gasteiger partial charge in [-0.25, -0.2) is 0 Å². The van der Waals surface area contributed by atoms with Crippen molar-refractivity contribution in [1.82, 2.24) is 0 Å². The van der Waals surface area contributed by atoms with Gasteiger partial charge in [-0.05, 0) is 47.8 Å².